The highest BCUT2D eigenvalue weighted by Crippen LogP contribution is 2.36. The van der Waals surface area contributed by atoms with E-state index >= 15 is 0 Å². The zero-order valence-electron chi connectivity index (χ0n) is 6.80. The summed E-state index contributed by atoms with van der Waals surface area (Å²) in [5, 5.41) is 9.30. The number of ether oxygens (including phenoxy) is 2. The first-order chi connectivity index (χ1) is 5.69. The summed E-state index contributed by atoms with van der Waals surface area (Å²) in [5.41, 5.74) is 0. The van der Waals surface area contributed by atoms with Gasteiger partial charge < -0.3 is 14.6 Å². The molecular formula is C8H9FO3. The minimum Gasteiger partial charge on any atom is -0.502 e. The van der Waals surface area contributed by atoms with Gasteiger partial charge >= 0.3 is 0 Å². The summed E-state index contributed by atoms with van der Waals surface area (Å²) in [6.45, 7) is 0. The van der Waals surface area contributed by atoms with E-state index in [1.165, 1.54) is 14.2 Å². The molecule has 0 aliphatic rings. The maximum Gasteiger partial charge on any atom is 0.200 e. The molecule has 1 N–H and O–H groups in total. The molecule has 4 heteroatoms. The second kappa shape index (κ2) is 3.30. The molecular weight excluding hydrogens is 163 g/mol. The van der Waals surface area contributed by atoms with E-state index in [9.17, 15) is 9.50 Å². The molecule has 0 saturated heterocycles. The van der Waals surface area contributed by atoms with Gasteiger partial charge in [-0.3, -0.25) is 0 Å². The Kier molecular flexibility index (Phi) is 2.38. The van der Waals surface area contributed by atoms with Crippen molar-refractivity contribution in [3.8, 4) is 17.2 Å². The standard InChI is InChI=1S/C8H9FO3/c1-11-6-3-5(9)4-7(12-2)8(6)10/h3-4,10H,1-2H3. The summed E-state index contributed by atoms with van der Waals surface area (Å²) in [5.74, 6) is -0.582. The van der Waals surface area contributed by atoms with Crippen LogP contribution >= 0.6 is 0 Å². The summed E-state index contributed by atoms with van der Waals surface area (Å²) in [7, 11) is 2.68. The molecule has 0 atom stereocenters. The number of rotatable bonds is 2. The predicted molar refractivity (Wildman–Crippen MR) is 41.2 cm³/mol. The van der Waals surface area contributed by atoms with Gasteiger partial charge in [-0.05, 0) is 0 Å². The Morgan fingerprint density at radius 1 is 1.17 bits per heavy atom. The number of hydrogen-bond acceptors (Lipinski definition) is 3. The molecule has 0 radical (unpaired) electrons. The van der Waals surface area contributed by atoms with Crippen molar-refractivity contribution in [2.24, 2.45) is 0 Å². The van der Waals surface area contributed by atoms with E-state index in [-0.39, 0.29) is 17.2 Å². The zero-order valence-corrected chi connectivity index (χ0v) is 6.80. The van der Waals surface area contributed by atoms with Crippen molar-refractivity contribution >= 4 is 0 Å². The summed E-state index contributed by atoms with van der Waals surface area (Å²) in [4.78, 5) is 0. The number of methoxy groups -OCH3 is 2. The van der Waals surface area contributed by atoms with Crippen molar-refractivity contribution in [2.75, 3.05) is 14.2 Å². The third-order valence-corrected chi connectivity index (χ3v) is 1.44. The van der Waals surface area contributed by atoms with Crippen molar-refractivity contribution in [1.29, 1.82) is 0 Å². The van der Waals surface area contributed by atoms with Crippen LogP contribution in [0.1, 0.15) is 0 Å². The van der Waals surface area contributed by atoms with Crippen molar-refractivity contribution in [3.05, 3.63) is 17.9 Å². The molecule has 1 rings (SSSR count). The largest absolute Gasteiger partial charge is 0.502 e. The van der Waals surface area contributed by atoms with Crippen LogP contribution in [0.15, 0.2) is 12.1 Å². The van der Waals surface area contributed by atoms with Crippen LogP contribution in [0.3, 0.4) is 0 Å². The fourth-order valence-corrected chi connectivity index (χ4v) is 0.861. The minimum absolute atomic E-state index is 0.0619. The Labute approximate surface area is 69.3 Å². The molecule has 0 fully saturated rings. The lowest BCUT2D eigenvalue weighted by atomic mass is 10.3. The lowest BCUT2D eigenvalue weighted by Crippen LogP contribution is -1.90. The van der Waals surface area contributed by atoms with Crippen LogP contribution in [0, 0.1) is 5.82 Å². The molecule has 0 unspecified atom stereocenters. The van der Waals surface area contributed by atoms with E-state index in [0.717, 1.165) is 12.1 Å². The summed E-state index contributed by atoms with van der Waals surface area (Å²) >= 11 is 0. The van der Waals surface area contributed by atoms with Crippen molar-refractivity contribution in [3.63, 3.8) is 0 Å². The third kappa shape index (κ3) is 1.42. The van der Waals surface area contributed by atoms with E-state index in [0.29, 0.717) is 0 Å². The van der Waals surface area contributed by atoms with E-state index < -0.39 is 5.82 Å². The van der Waals surface area contributed by atoms with Crippen LogP contribution in [-0.2, 0) is 0 Å². The van der Waals surface area contributed by atoms with E-state index in [4.69, 9.17) is 9.47 Å². The summed E-state index contributed by atoms with van der Waals surface area (Å²) in [6.07, 6.45) is 0. The van der Waals surface area contributed by atoms with Gasteiger partial charge in [-0.25, -0.2) is 4.39 Å². The highest BCUT2D eigenvalue weighted by molar-refractivity contribution is 5.50. The van der Waals surface area contributed by atoms with Crippen molar-refractivity contribution < 1.29 is 19.0 Å². The monoisotopic (exact) mass is 172 g/mol. The fourth-order valence-electron chi connectivity index (χ4n) is 0.861. The molecule has 0 heterocycles. The molecule has 0 spiro atoms. The van der Waals surface area contributed by atoms with Crippen molar-refractivity contribution in [2.45, 2.75) is 0 Å². The van der Waals surface area contributed by atoms with Gasteiger partial charge in [0.05, 0.1) is 14.2 Å². The first kappa shape index (κ1) is 8.64. The predicted octanol–water partition coefficient (Wildman–Crippen LogP) is 1.55. The molecule has 0 saturated carbocycles. The maximum atomic E-state index is 12.7. The van der Waals surface area contributed by atoms with Crippen LogP contribution in [0.2, 0.25) is 0 Å². The van der Waals surface area contributed by atoms with E-state index in [2.05, 4.69) is 0 Å². The molecule has 0 bridgehead atoms. The minimum atomic E-state index is -0.512. The average Bonchev–Trinajstić information content (AvgIpc) is 2.08. The van der Waals surface area contributed by atoms with Crippen LogP contribution < -0.4 is 9.47 Å². The fraction of sp³-hybridized carbons (Fsp3) is 0.250. The molecule has 0 amide bonds. The van der Waals surface area contributed by atoms with Gasteiger partial charge in [0.15, 0.2) is 11.5 Å². The Bertz CT molecular complexity index is 261. The molecule has 3 nitrogen and oxygen atoms in total. The van der Waals surface area contributed by atoms with Crippen LogP contribution in [0.25, 0.3) is 0 Å². The molecule has 12 heavy (non-hydrogen) atoms. The molecule has 66 valence electrons. The van der Waals surface area contributed by atoms with Gasteiger partial charge in [0.2, 0.25) is 5.75 Å². The normalized spacial score (nSPS) is 9.58. The number of aromatic hydroxyl groups is 1. The van der Waals surface area contributed by atoms with Gasteiger partial charge in [0, 0.05) is 12.1 Å². The highest BCUT2D eigenvalue weighted by Gasteiger charge is 2.10. The average molecular weight is 172 g/mol. The molecule has 1 aromatic carbocycles. The Morgan fingerprint density at radius 3 is 1.92 bits per heavy atom. The number of halogens is 1. The Morgan fingerprint density at radius 2 is 1.58 bits per heavy atom. The van der Waals surface area contributed by atoms with Gasteiger partial charge in [-0.15, -0.1) is 0 Å². The van der Waals surface area contributed by atoms with E-state index in [1.54, 1.807) is 0 Å². The maximum absolute atomic E-state index is 12.7. The lowest BCUT2D eigenvalue weighted by molar-refractivity contribution is 0.336. The molecule has 0 aliphatic heterocycles. The Balaban J connectivity index is 3.22. The number of phenolic OH excluding ortho intramolecular Hbond substituents is 1. The summed E-state index contributed by atoms with van der Waals surface area (Å²) in [6, 6.07) is 2.16. The van der Waals surface area contributed by atoms with Gasteiger partial charge in [0.25, 0.3) is 0 Å². The molecule has 1 aromatic rings. The first-order valence-corrected chi connectivity index (χ1v) is 3.29. The van der Waals surface area contributed by atoms with Gasteiger partial charge in [-0.1, -0.05) is 0 Å². The second-order valence-corrected chi connectivity index (χ2v) is 2.16. The molecule has 0 aromatic heterocycles. The number of benzene rings is 1. The third-order valence-electron chi connectivity index (χ3n) is 1.44. The number of phenols is 1. The van der Waals surface area contributed by atoms with Crippen LogP contribution in [0.5, 0.6) is 17.2 Å². The van der Waals surface area contributed by atoms with Gasteiger partial charge in [-0.2, -0.15) is 0 Å². The van der Waals surface area contributed by atoms with Crippen LogP contribution in [0.4, 0.5) is 4.39 Å². The zero-order chi connectivity index (χ0) is 9.14. The number of hydrogen-bond donors (Lipinski definition) is 1. The topological polar surface area (TPSA) is 38.7 Å². The molecule has 0 aliphatic carbocycles. The van der Waals surface area contributed by atoms with E-state index in [1.807, 2.05) is 0 Å². The Hall–Kier alpha value is -1.45. The van der Waals surface area contributed by atoms with Crippen molar-refractivity contribution in [1.82, 2.24) is 0 Å². The second-order valence-electron chi connectivity index (χ2n) is 2.16. The SMILES string of the molecule is COc1cc(F)cc(OC)c1O. The quantitative estimate of drug-likeness (QED) is 0.735. The lowest BCUT2D eigenvalue weighted by Gasteiger charge is -2.07. The highest BCUT2D eigenvalue weighted by atomic mass is 19.1. The van der Waals surface area contributed by atoms with Crippen LogP contribution in [-0.4, -0.2) is 19.3 Å². The first-order valence-electron chi connectivity index (χ1n) is 3.29. The van der Waals surface area contributed by atoms with Gasteiger partial charge in [0.1, 0.15) is 5.82 Å². The smallest absolute Gasteiger partial charge is 0.200 e. The summed E-state index contributed by atoms with van der Waals surface area (Å²) < 4.78 is 22.1.